The van der Waals surface area contributed by atoms with E-state index in [1.807, 2.05) is 20.8 Å². The van der Waals surface area contributed by atoms with Crippen molar-refractivity contribution >= 4 is 0 Å². The molecule has 164 valence electrons. The van der Waals surface area contributed by atoms with Gasteiger partial charge in [-0.1, -0.05) is 39.5 Å². The summed E-state index contributed by atoms with van der Waals surface area (Å²) in [5.74, 6) is 0. The molecule has 0 aliphatic rings. The Bertz CT molecular complexity index is 300. The van der Waals surface area contributed by atoms with Crippen LogP contribution in [-0.4, -0.2) is 64.1 Å². The predicted octanol–water partition coefficient (Wildman–Crippen LogP) is 5.00. The van der Waals surface area contributed by atoms with Crippen molar-refractivity contribution in [3.8, 4) is 0 Å². The maximum atomic E-state index is 5.83. The van der Waals surface area contributed by atoms with E-state index in [1.54, 1.807) is 0 Å². The number of unbranched alkanes of at least 4 members (excludes halogenated alkanes) is 4. The molecule has 0 radical (unpaired) electrons. The molecule has 0 N–H and O–H groups in total. The Morgan fingerprint density at radius 2 is 0.889 bits per heavy atom. The summed E-state index contributed by atoms with van der Waals surface area (Å²) in [6.07, 6.45) is 7.45. The summed E-state index contributed by atoms with van der Waals surface area (Å²) in [5.41, 5.74) is 0. The van der Waals surface area contributed by atoms with Crippen LogP contribution in [0.5, 0.6) is 0 Å². The first kappa shape index (κ1) is 26.8. The molecule has 0 aromatic heterocycles. The highest BCUT2D eigenvalue weighted by Crippen LogP contribution is 2.04. The van der Waals surface area contributed by atoms with Crippen LogP contribution in [0, 0.1) is 0 Å². The molecule has 0 spiro atoms. The molecule has 0 bridgehead atoms. The average Bonchev–Trinajstić information content (AvgIpc) is 2.66. The lowest BCUT2D eigenvalue weighted by Crippen LogP contribution is -2.28. The van der Waals surface area contributed by atoms with Gasteiger partial charge in [-0.05, 0) is 40.5 Å². The van der Waals surface area contributed by atoms with Crippen LogP contribution in [0.3, 0.4) is 0 Å². The standard InChI is InChI=1S/C22H46O5/c1-7-9-11-13-23-15-19(3)25-17-21(5)27-18-22(6)26-16-20(4)24-14-12-10-8-2/h19-22H,7-18H2,1-6H3. The Labute approximate surface area is 168 Å². The minimum Gasteiger partial charge on any atom is -0.379 e. The summed E-state index contributed by atoms with van der Waals surface area (Å²) in [5, 5.41) is 0. The zero-order chi connectivity index (χ0) is 20.3. The molecule has 0 heterocycles. The molecule has 0 saturated carbocycles. The Kier molecular flexibility index (Phi) is 19.0. The van der Waals surface area contributed by atoms with Gasteiger partial charge in [-0.2, -0.15) is 0 Å². The van der Waals surface area contributed by atoms with Gasteiger partial charge >= 0.3 is 0 Å². The van der Waals surface area contributed by atoms with E-state index >= 15 is 0 Å². The van der Waals surface area contributed by atoms with Crippen LogP contribution in [0.25, 0.3) is 0 Å². The number of hydrogen-bond acceptors (Lipinski definition) is 5. The molecular weight excluding hydrogens is 344 g/mol. The van der Waals surface area contributed by atoms with Crippen LogP contribution < -0.4 is 0 Å². The number of rotatable bonds is 20. The second-order valence-corrected chi connectivity index (χ2v) is 7.60. The summed E-state index contributed by atoms with van der Waals surface area (Å²) in [6.45, 7) is 16.6. The molecule has 27 heavy (non-hydrogen) atoms. The van der Waals surface area contributed by atoms with E-state index in [9.17, 15) is 0 Å². The highest BCUT2D eigenvalue weighted by atomic mass is 16.6. The maximum Gasteiger partial charge on any atom is 0.0781 e. The zero-order valence-corrected chi connectivity index (χ0v) is 18.8. The topological polar surface area (TPSA) is 46.2 Å². The van der Waals surface area contributed by atoms with Gasteiger partial charge in [0.25, 0.3) is 0 Å². The van der Waals surface area contributed by atoms with Crippen LogP contribution in [0.4, 0.5) is 0 Å². The van der Waals surface area contributed by atoms with E-state index in [2.05, 4.69) is 20.8 Å². The SMILES string of the molecule is CCCCCOCC(C)OCC(C)OCC(C)OCC(C)OCCCCC. The van der Waals surface area contributed by atoms with Crippen molar-refractivity contribution in [3.05, 3.63) is 0 Å². The zero-order valence-electron chi connectivity index (χ0n) is 18.8. The van der Waals surface area contributed by atoms with E-state index in [1.165, 1.54) is 25.7 Å². The molecule has 0 fully saturated rings. The summed E-state index contributed by atoms with van der Waals surface area (Å²) in [7, 11) is 0. The van der Waals surface area contributed by atoms with E-state index in [0.29, 0.717) is 26.4 Å². The van der Waals surface area contributed by atoms with Gasteiger partial charge in [0.2, 0.25) is 0 Å². The highest BCUT2D eigenvalue weighted by Gasteiger charge is 2.11. The van der Waals surface area contributed by atoms with Crippen LogP contribution in [0.2, 0.25) is 0 Å². The molecule has 4 atom stereocenters. The van der Waals surface area contributed by atoms with Gasteiger partial charge in [-0.3, -0.25) is 0 Å². The molecule has 0 amide bonds. The van der Waals surface area contributed by atoms with Crippen molar-refractivity contribution in [2.75, 3.05) is 39.6 Å². The van der Waals surface area contributed by atoms with E-state index in [-0.39, 0.29) is 24.4 Å². The fourth-order valence-electron chi connectivity index (χ4n) is 2.43. The molecule has 0 aromatic carbocycles. The number of ether oxygens (including phenoxy) is 5. The van der Waals surface area contributed by atoms with Gasteiger partial charge in [-0.25, -0.2) is 0 Å². The van der Waals surface area contributed by atoms with Crippen LogP contribution in [-0.2, 0) is 23.7 Å². The van der Waals surface area contributed by atoms with E-state index in [4.69, 9.17) is 23.7 Å². The molecule has 0 saturated heterocycles. The van der Waals surface area contributed by atoms with Crippen molar-refractivity contribution in [1.82, 2.24) is 0 Å². The second kappa shape index (κ2) is 19.1. The summed E-state index contributed by atoms with van der Waals surface area (Å²) < 4.78 is 28.8. The Morgan fingerprint density at radius 3 is 1.37 bits per heavy atom. The van der Waals surface area contributed by atoms with Crippen molar-refractivity contribution < 1.29 is 23.7 Å². The van der Waals surface area contributed by atoms with Gasteiger partial charge in [0.15, 0.2) is 0 Å². The Hall–Kier alpha value is -0.200. The largest absolute Gasteiger partial charge is 0.379 e. The van der Waals surface area contributed by atoms with Gasteiger partial charge in [0.05, 0.1) is 50.8 Å². The average molecular weight is 391 g/mol. The fraction of sp³-hybridized carbons (Fsp3) is 1.00. The molecule has 5 nitrogen and oxygen atoms in total. The van der Waals surface area contributed by atoms with Gasteiger partial charge in [0, 0.05) is 13.2 Å². The summed E-state index contributed by atoms with van der Waals surface area (Å²) in [4.78, 5) is 0. The van der Waals surface area contributed by atoms with Crippen molar-refractivity contribution in [3.63, 3.8) is 0 Å². The lowest BCUT2D eigenvalue weighted by atomic mass is 10.3. The molecule has 0 aromatic rings. The predicted molar refractivity (Wildman–Crippen MR) is 112 cm³/mol. The third kappa shape index (κ3) is 18.9. The first-order chi connectivity index (χ1) is 13.0. The quantitative estimate of drug-likeness (QED) is 0.274. The molecule has 4 unspecified atom stereocenters. The van der Waals surface area contributed by atoms with Crippen LogP contribution >= 0.6 is 0 Å². The third-order valence-electron chi connectivity index (χ3n) is 4.24. The van der Waals surface area contributed by atoms with Crippen molar-refractivity contribution in [2.24, 2.45) is 0 Å². The normalized spacial score (nSPS) is 16.2. The minimum absolute atomic E-state index is 0.0429. The lowest BCUT2D eigenvalue weighted by Gasteiger charge is -2.21. The second-order valence-electron chi connectivity index (χ2n) is 7.60. The Morgan fingerprint density at radius 1 is 0.481 bits per heavy atom. The van der Waals surface area contributed by atoms with Gasteiger partial charge in [-0.15, -0.1) is 0 Å². The summed E-state index contributed by atoms with van der Waals surface area (Å²) in [6, 6.07) is 0. The summed E-state index contributed by atoms with van der Waals surface area (Å²) >= 11 is 0. The maximum absolute atomic E-state index is 5.83. The molecule has 0 aliphatic carbocycles. The lowest BCUT2D eigenvalue weighted by molar-refractivity contribution is -0.0922. The van der Waals surface area contributed by atoms with E-state index < -0.39 is 0 Å². The van der Waals surface area contributed by atoms with Gasteiger partial charge in [0.1, 0.15) is 0 Å². The third-order valence-corrected chi connectivity index (χ3v) is 4.24. The van der Waals surface area contributed by atoms with Crippen molar-refractivity contribution in [1.29, 1.82) is 0 Å². The smallest absolute Gasteiger partial charge is 0.0781 e. The molecule has 0 rings (SSSR count). The van der Waals surface area contributed by atoms with Gasteiger partial charge < -0.3 is 23.7 Å². The first-order valence-electron chi connectivity index (χ1n) is 11.0. The minimum atomic E-state index is 0.0429. The van der Waals surface area contributed by atoms with Crippen molar-refractivity contribution in [2.45, 2.75) is 104 Å². The molecular formula is C22H46O5. The molecule has 0 aliphatic heterocycles. The highest BCUT2D eigenvalue weighted by molar-refractivity contribution is 4.57. The molecule has 5 heteroatoms. The monoisotopic (exact) mass is 390 g/mol. The Balaban J connectivity index is 3.60. The van der Waals surface area contributed by atoms with E-state index in [0.717, 1.165) is 26.1 Å². The fourth-order valence-corrected chi connectivity index (χ4v) is 2.43. The van der Waals surface area contributed by atoms with Crippen LogP contribution in [0.1, 0.15) is 80.1 Å². The number of hydrogen-bond donors (Lipinski definition) is 0. The van der Waals surface area contributed by atoms with Crippen LogP contribution in [0.15, 0.2) is 0 Å². The first-order valence-corrected chi connectivity index (χ1v) is 11.0.